The predicted molar refractivity (Wildman–Crippen MR) is 128 cm³/mol. The first-order chi connectivity index (χ1) is 16.6. The van der Waals surface area contributed by atoms with Gasteiger partial charge >= 0.3 is 0 Å². The molecule has 0 unspecified atom stereocenters. The van der Waals surface area contributed by atoms with Gasteiger partial charge in [-0.1, -0.05) is 6.07 Å². The molecule has 3 aliphatic heterocycles. The number of rotatable bonds is 2. The van der Waals surface area contributed by atoms with E-state index in [-0.39, 0.29) is 32.1 Å². The predicted octanol–water partition coefficient (Wildman–Crippen LogP) is 1.22. The largest absolute Gasteiger partial charge is 0.496 e. The highest BCUT2D eigenvalue weighted by Crippen LogP contribution is 2.28. The van der Waals surface area contributed by atoms with E-state index in [0.717, 1.165) is 17.4 Å². The fourth-order valence-corrected chi connectivity index (χ4v) is 5.01. The molecule has 3 heterocycles. The zero-order valence-electron chi connectivity index (χ0n) is 19.9. The van der Waals surface area contributed by atoms with Gasteiger partial charge in [0.2, 0.25) is 10.0 Å². The number of fused-ring (bicyclic) bond motifs is 7. The lowest BCUT2D eigenvalue weighted by Crippen LogP contribution is -2.57. The molecular formula is C24H29N3O7S. The third-order valence-electron chi connectivity index (χ3n) is 6.13. The molecule has 2 atom stereocenters. The first kappa shape index (κ1) is 24.8. The van der Waals surface area contributed by atoms with E-state index < -0.39 is 28.1 Å². The average Bonchev–Trinajstić information content (AvgIpc) is 2.82. The van der Waals surface area contributed by atoms with Gasteiger partial charge in [-0.15, -0.1) is 0 Å². The number of benzene rings is 2. The number of nitrogens with one attached hydrogen (secondary N) is 2. The summed E-state index contributed by atoms with van der Waals surface area (Å²) in [5.41, 5.74) is 1.86. The zero-order valence-corrected chi connectivity index (χ0v) is 20.7. The number of piperidine rings is 1. The average molecular weight is 504 g/mol. The normalized spacial score (nSPS) is 21.6. The first-order valence-corrected chi connectivity index (χ1v) is 13.1. The van der Waals surface area contributed by atoms with Gasteiger partial charge in [-0.2, -0.15) is 4.31 Å². The summed E-state index contributed by atoms with van der Waals surface area (Å²) >= 11 is 0. The monoisotopic (exact) mass is 503 g/mol. The van der Waals surface area contributed by atoms with Gasteiger partial charge in [0.1, 0.15) is 23.4 Å². The second kappa shape index (κ2) is 10.1. The van der Waals surface area contributed by atoms with E-state index in [9.17, 15) is 18.0 Å². The van der Waals surface area contributed by atoms with Crippen LogP contribution in [0, 0.1) is 6.92 Å². The van der Waals surface area contributed by atoms with Crippen molar-refractivity contribution in [1.29, 1.82) is 0 Å². The van der Waals surface area contributed by atoms with E-state index in [1.54, 1.807) is 36.4 Å². The minimum absolute atomic E-state index is 0.0814. The van der Waals surface area contributed by atoms with Crippen LogP contribution in [0.1, 0.15) is 27.9 Å². The van der Waals surface area contributed by atoms with E-state index in [2.05, 4.69) is 10.6 Å². The lowest BCUT2D eigenvalue weighted by atomic mass is 10.0. The second-order valence-corrected chi connectivity index (χ2v) is 10.6. The van der Waals surface area contributed by atoms with Crippen molar-refractivity contribution in [2.24, 2.45) is 0 Å². The fraction of sp³-hybridized carbons (Fsp3) is 0.417. The van der Waals surface area contributed by atoms with E-state index in [4.69, 9.17) is 14.2 Å². The van der Waals surface area contributed by atoms with Crippen molar-refractivity contribution in [3.63, 3.8) is 0 Å². The maximum Gasteiger partial charge on any atom is 0.258 e. The molecule has 10 nitrogen and oxygen atoms in total. The molecule has 11 heteroatoms. The molecule has 1 saturated heterocycles. The lowest BCUT2D eigenvalue weighted by molar-refractivity contribution is -0.123. The first-order valence-electron chi connectivity index (χ1n) is 11.2. The number of carbonyl (C=O) groups is 2. The van der Waals surface area contributed by atoms with Crippen LogP contribution >= 0.6 is 0 Å². The molecule has 4 bridgehead atoms. The van der Waals surface area contributed by atoms with Crippen LogP contribution in [0.2, 0.25) is 0 Å². The van der Waals surface area contributed by atoms with Crippen LogP contribution in [0.4, 0.5) is 0 Å². The Morgan fingerprint density at radius 3 is 2.69 bits per heavy atom. The number of ether oxygens (including phenoxy) is 3. The third-order valence-corrected chi connectivity index (χ3v) is 7.40. The number of methoxy groups -OCH3 is 1. The molecule has 188 valence electrons. The van der Waals surface area contributed by atoms with Gasteiger partial charge in [0.25, 0.3) is 11.8 Å². The van der Waals surface area contributed by atoms with Gasteiger partial charge in [-0.3, -0.25) is 9.59 Å². The van der Waals surface area contributed by atoms with E-state index in [0.29, 0.717) is 29.2 Å². The van der Waals surface area contributed by atoms with E-state index in [1.807, 2.05) is 6.92 Å². The Hall–Kier alpha value is -3.31. The van der Waals surface area contributed by atoms with Crippen LogP contribution in [0.3, 0.4) is 0 Å². The summed E-state index contributed by atoms with van der Waals surface area (Å²) in [6, 6.07) is 9.63. The molecule has 2 aromatic carbocycles. The van der Waals surface area contributed by atoms with Crippen LogP contribution < -0.4 is 24.8 Å². The lowest BCUT2D eigenvalue weighted by Gasteiger charge is -2.37. The summed E-state index contributed by atoms with van der Waals surface area (Å²) in [6.45, 7) is 2.19. The number of hydrogen-bond donors (Lipinski definition) is 2. The van der Waals surface area contributed by atoms with Crippen molar-refractivity contribution < 1.29 is 32.2 Å². The molecule has 2 amide bonds. The molecular weight excluding hydrogens is 474 g/mol. The molecule has 35 heavy (non-hydrogen) atoms. The van der Waals surface area contributed by atoms with Crippen LogP contribution in [0.25, 0.3) is 0 Å². The molecule has 1 fully saturated rings. The number of sulfonamides is 1. The molecule has 5 rings (SSSR count). The van der Waals surface area contributed by atoms with Crippen LogP contribution in [0.15, 0.2) is 36.4 Å². The Kier molecular flexibility index (Phi) is 7.18. The Balaban J connectivity index is 1.70. The van der Waals surface area contributed by atoms with Crippen molar-refractivity contribution in [1.82, 2.24) is 14.9 Å². The quantitative estimate of drug-likeness (QED) is 0.632. The maximum atomic E-state index is 13.1. The molecule has 3 aliphatic rings. The third kappa shape index (κ3) is 5.85. The maximum absolute atomic E-state index is 13.1. The van der Waals surface area contributed by atoms with Crippen molar-refractivity contribution >= 4 is 21.8 Å². The Labute approximate surface area is 204 Å². The summed E-state index contributed by atoms with van der Waals surface area (Å²) in [5, 5.41) is 5.74. The van der Waals surface area contributed by atoms with Crippen molar-refractivity contribution in [3.05, 3.63) is 53.1 Å². The molecule has 0 spiro atoms. The highest BCUT2D eigenvalue weighted by Gasteiger charge is 2.36. The van der Waals surface area contributed by atoms with Gasteiger partial charge in [-0.05, 0) is 36.8 Å². The molecule has 0 aliphatic carbocycles. The number of hydrogen-bond acceptors (Lipinski definition) is 7. The van der Waals surface area contributed by atoms with Crippen LogP contribution in [-0.4, -0.2) is 69.7 Å². The summed E-state index contributed by atoms with van der Waals surface area (Å²) in [6.07, 6.45) is 1.07. The minimum Gasteiger partial charge on any atom is -0.496 e. The summed E-state index contributed by atoms with van der Waals surface area (Å²) in [7, 11) is -1.92. The van der Waals surface area contributed by atoms with Crippen molar-refractivity contribution in [3.8, 4) is 17.2 Å². The second-order valence-electron chi connectivity index (χ2n) is 8.67. The fourth-order valence-electron chi connectivity index (χ4n) is 4.14. The standard InChI is InChI=1S/C24H29N3O7S/c1-15-4-5-16-10-21(15)33-14-23(28)25-12-17-6-7-18(11-22(17)32-2)34-20-8-9-27(35(3,30)31)13-19(20)26-24(16)29/h4-7,10-11,19-20H,8-9,12-14H2,1-3H3,(H,25,28)(H,26,29)/t19-,20+/m0/s1. The van der Waals surface area contributed by atoms with Crippen molar-refractivity contribution in [2.45, 2.75) is 32.0 Å². The number of nitrogens with zero attached hydrogens (tertiary/aromatic N) is 1. The Bertz CT molecular complexity index is 1230. The van der Waals surface area contributed by atoms with Gasteiger partial charge in [0.05, 0.1) is 19.4 Å². The topological polar surface area (TPSA) is 123 Å². The molecule has 0 radical (unpaired) electrons. The van der Waals surface area contributed by atoms with E-state index >= 15 is 0 Å². The van der Waals surface area contributed by atoms with Crippen LogP contribution in [0.5, 0.6) is 17.2 Å². The van der Waals surface area contributed by atoms with E-state index in [1.165, 1.54) is 11.4 Å². The molecule has 2 aromatic rings. The number of amides is 2. The number of aryl methyl sites for hydroxylation is 1. The molecule has 2 N–H and O–H groups in total. The zero-order chi connectivity index (χ0) is 25.2. The summed E-state index contributed by atoms with van der Waals surface area (Å²) in [5.74, 6) is 0.736. The SMILES string of the molecule is COc1cc2ccc1CNC(=O)COc1cc(ccc1C)C(=O)N[C@H]1CN(S(C)(=O)=O)CC[C@H]1O2. The number of carbonyl (C=O) groups excluding carboxylic acids is 2. The molecule has 0 saturated carbocycles. The smallest absolute Gasteiger partial charge is 0.258 e. The van der Waals surface area contributed by atoms with Gasteiger partial charge in [0.15, 0.2) is 6.61 Å². The minimum atomic E-state index is -3.45. The Morgan fingerprint density at radius 1 is 1.14 bits per heavy atom. The van der Waals surface area contributed by atoms with Crippen LogP contribution in [-0.2, 0) is 21.4 Å². The summed E-state index contributed by atoms with van der Waals surface area (Å²) in [4.78, 5) is 25.5. The Morgan fingerprint density at radius 2 is 1.94 bits per heavy atom. The highest BCUT2D eigenvalue weighted by atomic mass is 32.2. The highest BCUT2D eigenvalue weighted by molar-refractivity contribution is 7.88. The van der Waals surface area contributed by atoms with Gasteiger partial charge < -0.3 is 24.8 Å². The summed E-state index contributed by atoms with van der Waals surface area (Å²) < 4.78 is 43.1. The molecule has 0 aromatic heterocycles. The van der Waals surface area contributed by atoms with Gasteiger partial charge in [0, 0.05) is 43.2 Å². The van der Waals surface area contributed by atoms with Crippen molar-refractivity contribution in [2.75, 3.05) is 33.1 Å². The van der Waals surface area contributed by atoms with Gasteiger partial charge in [-0.25, -0.2) is 8.42 Å².